The first-order valence-electron chi connectivity index (χ1n) is 7.41. The van der Waals surface area contributed by atoms with Crippen molar-refractivity contribution in [3.8, 4) is 0 Å². The first kappa shape index (κ1) is 15.8. The molecule has 0 saturated heterocycles. The highest BCUT2D eigenvalue weighted by molar-refractivity contribution is 7.22. The van der Waals surface area contributed by atoms with Gasteiger partial charge < -0.3 is 10.1 Å². The highest BCUT2D eigenvalue weighted by atomic mass is 32.1. The van der Waals surface area contributed by atoms with Crippen molar-refractivity contribution in [2.45, 2.75) is 46.1 Å². The second-order valence-corrected chi connectivity index (χ2v) is 6.32. The number of fused-ring (bicyclic) bond motifs is 1. The summed E-state index contributed by atoms with van der Waals surface area (Å²) in [6.07, 6.45) is 2.16. The van der Waals surface area contributed by atoms with Crippen LogP contribution in [-0.2, 0) is 16.0 Å². The van der Waals surface area contributed by atoms with E-state index in [0.29, 0.717) is 12.8 Å². The van der Waals surface area contributed by atoms with Crippen LogP contribution in [0.5, 0.6) is 0 Å². The summed E-state index contributed by atoms with van der Waals surface area (Å²) in [6.45, 7) is 6.81. The molecule has 4 nitrogen and oxygen atoms in total. The van der Waals surface area contributed by atoms with Crippen LogP contribution in [0.3, 0.4) is 0 Å². The maximum absolute atomic E-state index is 11.6. The van der Waals surface area contributed by atoms with Crippen LogP contribution in [0.4, 0.5) is 5.13 Å². The summed E-state index contributed by atoms with van der Waals surface area (Å²) in [5, 5.41) is 4.27. The van der Waals surface area contributed by atoms with E-state index in [-0.39, 0.29) is 12.1 Å². The van der Waals surface area contributed by atoms with E-state index in [0.717, 1.165) is 33.9 Å². The summed E-state index contributed by atoms with van der Waals surface area (Å²) in [5.74, 6) is -0.139. The molecule has 1 heterocycles. The lowest BCUT2D eigenvalue weighted by molar-refractivity contribution is -0.147. The zero-order chi connectivity index (χ0) is 15.2. The Morgan fingerprint density at radius 2 is 2.24 bits per heavy atom. The van der Waals surface area contributed by atoms with Gasteiger partial charge in [0.05, 0.1) is 16.3 Å². The molecule has 1 aromatic heterocycles. The van der Waals surface area contributed by atoms with Crippen molar-refractivity contribution in [1.29, 1.82) is 0 Å². The first-order chi connectivity index (χ1) is 10.1. The average molecular weight is 306 g/mol. The van der Waals surface area contributed by atoms with Gasteiger partial charge in [0.25, 0.3) is 0 Å². The zero-order valence-corrected chi connectivity index (χ0v) is 13.6. The molecule has 0 aliphatic carbocycles. The number of carbonyl (C=O) groups excluding carboxylic acids is 1. The minimum atomic E-state index is -0.139. The number of aromatic nitrogens is 1. The van der Waals surface area contributed by atoms with Gasteiger partial charge in [0, 0.05) is 13.0 Å². The third kappa shape index (κ3) is 4.70. The van der Waals surface area contributed by atoms with Gasteiger partial charge in [0.15, 0.2) is 5.13 Å². The maximum Gasteiger partial charge on any atom is 0.306 e. The van der Waals surface area contributed by atoms with Crippen molar-refractivity contribution in [3.63, 3.8) is 0 Å². The van der Waals surface area contributed by atoms with Crippen LogP contribution < -0.4 is 5.32 Å². The molecule has 0 aliphatic heterocycles. The van der Waals surface area contributed by atoms with E-state index in [1.807, 2.05) is 26.0 Å². The van der Waals surface area contributed by atoms with Crippen molar-refractivity contribution in [1.82, 2.24) is 4.98 Å². The summed E-state index contributed by atoms with van der Waals surface area (Å²) < 4.78 is 6.31. The van der Waals surface area contributed by atoms with Gasteiger partial charge >= 0.3 is 5.97 Å². The molecule has 2 aromatic rings. The van der Waals surface area contributed by atoms with Crippen LogP contribution >= 0.6 is 11.3 Å². The van der Waals surface area contributed by atoms with Gasteiger partial charge in [-0.3, -0.25) is 4.79 Å². The van der Waals surface area contributed by atoms with Gasteiger partial charge in [-0.2, -0.15) is 0 Å². The van der Waals surface area contributed by atoms with Crippen molar-refractivity contribution < 1.29 is 9.53 Å². The van der Waals surface area contributed by atoms with Crippen molar-refractivity contribution >= 4 is 32.7 Å². The molecule has 21 heavy (non-hydrogen) atoms. The summed E-state index contributed by atoms with van der Waals surface area (Å²) in [7, 11) is 0. The maximum atomic E-state index is 11.6. The molecule has 0 unspecified atom stereocenters. The predicted molar refractivity (Wildman–Crippen MR) is 87.9 cm³/mol. The van der Waals surface area contributed by atoms with E-state index in [9.17, 15) is 4.79 Å². The lowest BCUT2D eigenvalue weighted by Gasteiger charge is -2.07. The van der Waals surface area contributed by atoms with E-state index >= 15 is 0 Å². The number of nitrogens with zero attached hydrogens (tertiary/aromatic N) is 1. The average Bonchev–Trinajstić information content (AvgIpc) is 2.84. The number of benzene rings is 1. The van der Waals surface area contributed by atoms with E-state index in [4.69, 9.17) is 4.74 Å². The lowest BCUT2D eigenvalue weighted by atomic mass is 10.1. The Morgan fingerprint density at radius 1 is 1.43 bits per heavy atom. The molecule has 0 radical (unpaired) electrons. The van der Waals surface area contributed by atoms with Crippen LogP contribution in [-0.4, -0.2) is 23.6 Å². The molecule has 0 spiro atoms. The van der Waals surface area contributed by atoms with Crippen molar-refractivity contribution in [2.75, 3.05) is 11.9 Å². The number of hydrogen-bond donors (Lipinski definition) is 1. The van der Waals surface area contributed by atoms with Crippen LogP contribution in [0.1, 0.15) is 39.2 Å². The number of ether oxygens (including phenoxy) is 1. The van der Waals surface area contributed by atoms with Gasteiger partial charge in [-0.1, -0.05) is 24.3 Å². The van der Waals surface area contributed by atoms with Crippen molar-refractivity contribution in [2.24, 2.45) is 0 Å². The number of hydrogen-bond acceptors (Lipinski definition) is 5. The fraction of sp³-hybridized carbons (Fsp3) is 0.500. The largest absolute Gasteiger partial charge is 0.463 e. The molecular formula is C16H22N2O2S. The molecule has 5 heteroatoms. The highest BCUT2D eigenvalue weighted by Gasteiger charge is 2.08. The van der Waals surface area contributed by atoms with Gasteiger partial charge in [0.2, 0.25) is 0 Å². The van der Waals surface area contributed by atoms with E-state index in [1.165, 1.54) is 0 Å². The molecule has 2 rings (SSSR count). The third-order valence-electron chi connectivity index (χ3n) is 2.96. The molecule has 0 bridgehead atoms. The third-order valence-corrected chi connectivity index (χ3v) is 3.94. The Morgan fingerprint density at radius 3 is 2.95 bits per heavy atom. The van der Waals surface area contributed by atoms with Gasteiger partial charge in [-0.05, 0) is 44.4 Å². The van der Waals surface area contributed by atoms with E-state index in [2.05, 4.69) is 23.3 Å². The zero-order valence-electron chi connectivity index (χ0n) is 12.8. The summed E-state index contributed by atoms with van der Waals surface area (Å²) in [4.78, 5) is 16.1. The second-order valence-electron chi connectivity index (χ2n) is 5.29. The van der Waals surface area contributed by atoms with Crippen LogP contribution in [0.2, 0.25) is 0 Å². The highest BCUT2D eigenvalue weighted by Crippen LogP contribution is 2.27. The molecule has 0 atom stereocenters. The molecule has 114 valence electrons. The standard InChI is InChI=1S/C16H22N2O2S/c1-4-9-17-16-18-13-7-5-12(10-14(13)21-16)6-8-15(19)20-11(2)3/h5,7,10-11H,4,6,8-9H2,1-3H3,(H,17,18). The number of esters is 1. The molecule has 1 N–H and O–H groups in total. The lowest BCUT2D eigenvalue weighted by Crippen LogP contribution is -2.11. The Labute approximate surface area is 129 Å². The van der Waals surface area contributed by atoms with Gasteiger partial charge in [-0.15, -0.1) is 0 Å². The summed E-state index contributed by atoms with van der Waals surface area (Å²) in [6, 6.07) is 6.17. The number of aryl methyl sites for hydroxylation is 1. The summed E-state index contributed by atoms with van der Waals surface area (Å²) >= 11 is 1.66. The monoisotopic (exact) mass is 306 g/mol. The molecule has 0 aliphatic rings. The predicted octanol–water partition coefficient (Wildman–Crippen LogP) is 4.00. The fourth-order valence-electron chi connectivity index (χ4n) is 2.00. The number of thiazole rings is 1. The second kappa shape index (κ2) is 7.41. The van der Waals surface area contributed by atoms with Gasteiger partial charge in [-0.25, -0.2) is 4.98 Å². The molecule has 0 fully saturated rings. The Bertz CT molecular complexity index is 607. The minimum absolute atomic E-state index is 0.0475. The van der Waals surface area contributed by atoms with Crippen LogP contribution in [0, 0.1) is 0 Å². The summed E-state index contributed by atoms with van der Waals surface area (Å²) in [5.41, 5.74) is 2.15. The molecule has 1 aromatic carbocycles. The molecule has 0 amide bonds. The first-order valence-corrected chi connectivity index (χ1v) is 8.23. The van der Waals surface area contributed by atoms with Gasteiger partial charge in [0.1, 0.15) is 0 Å². The normalized spacial score (nSPS) is 11.0. The quantitative estimate of drug-likeness (QED) is 0.785. The smallest absolute Gasteiger partial charge is 0.306 e. The van der Waals surface area contributed by atoms with E-state index in [1.54, 1.807) is 11.3 Å². The molecular weight excluding hydrogens is 284 g/mol. The SMILES string of the molecule is CCCNc1nc2ccc(CCC(=O)OC(C)C)cc2s1. The topological polar surface area (TPSA) is 51.2 Å². The number of nitrogens with one attached hydrogen (secondary N) is 1. The van der Waals surface area contributed by atoms with Crippen LogP contribution in [0.15, 0.2) is 18.2 Å². The Kier molecular flexibility index (Phi) is 5.56. The number of carbonyl (C=O) groups is 1. The van der Waals surface area contributed by atoms with Crippen LogP contribution in [0.25, 0.3) is 10.2 Å². The Hall–Kier alpha value is -1.62. The minimum Gasteiger partial charge on any atom is -0.463 e. The fourth-order valence-corrected chi connectivity index (χ4v) is 2.96. The number of rotatable bonds is 7. The molecule has 0 saturated carbocycles. The van der Waals surface area contributed by atoms with E-state index < -0.39 is 0 Å². The Balaban J connectivity index is 1.99. The number of anilines is 1. The van der Waals surface area contributed by atoms with Crippen molar-refractivity contribution in [3.05, 3.63) is 23.8 Å².